The molecule has 166 valence electrons. The van der Waals surface area contributed by atoms with Crippen molar-refractivity contribution in [3.8, 4) is 6.07 Å². The van der Waals surface area contributed by atoms with E-state index in [-0.39, 0.29) is 0 Å². The first kappa shape index (κ1) is 21.9. The minimum atomic E-state index is 0.653. The lowest BCUT2D eigenvalue weighted by molar-refractivity contribution is 1.28. The second-order valence-corrected chi connectivity index (χ2v) is 8.15. The third kappa shape index (κ3) is 4.76. The van der Waals surface area contributed by atoms with Gasteiger partial charge in [0.05, 0.1) is 5.57 Å². The van der Waals surface area contributed by atoms with Crippen LogP contribution in [0.25, 0.3) is 11.1 Å². The van der Waals surface area contributed by atoms with E-state index < -0.39 is 0 Å². The highest BCUT2D eigenvalue weighted by atomic mass is 15.1. The molecule has 5 rings (SSSR count). The summed E-state index contributed by atoms with van der Waals surface area (Å²) in [5.41, 5.74) is 7.71. The van der Waals surface area contributed by atoms with Crippen molar-refractivity contribution in [2.75, 3.05) is 4.90 Å². The maximum absolute atomic E-state index is 10.3. The Morgan fingerprint density at radius 3 is 1.20 bits per heavy atom. The van der Waals surface area contributed by atoms with E-state index in [1.54, 1.807) is 0 Å². The molecule has 5 aromatic rings. The van der Waals surface area contributed by atoms with E-state index in [0.29, 0.717) is 5.57 Å². The van der Waals surface area contributed by atoms with Crippen molar-refractivity contribution in [2.24, 2.45) is 0 Å². The zero-order chi connectivity index (χ0) is 23.9. The van der Waals surface area contributed by atoms with Gasteiger partial charge in [-0.05, 0) is 53.1 Å². The highest BCUT2D eigenvalue weighted by molar-refractivity contribution is 6.03. The van der Waals surface area contributed by atoms with Crippen LogP contribution >= 0.6 is 0 Å². The maximum Gasteiger partial charge on any atom is 0.100 e. The van der Waals surface area contributed by atoms with Gasteiger partial charge in [0, 0.05) is 22.6 Å². The summed E-state index contributed by atoms with van der Waals surface area (Å²) in [4.78, 5) is 2.22. The predicted octanol–water partition coefficient (Wildman–Crippen LogP) is 8.64. The Balaban J connectivity index is 1.63. The van der Waals surface area contributed by atoms with Crippen molar-refractivity contribution in [1.82, 2.24) is 0 Å². The van der Waals surface area contributed by atoms with Crippen LogP contribution in [0, 0.1) is 11.3 Å². The quantitative estimate of drug-likeness (QED) is 0.192. The fourth-order valence-corrected chi connectivity index (χ4v) is 4.31. The number of hydrogen-bond acceptors (Lipinski definition) is 2. The lowest BCUT2D eigenvalue weighted by Gasteiger charge is -2.25. The Morgan fingerprint density at radius 1 is 0.429 bits per heavy atom. The molecule has 2 nitrogen and oxygen atoms in total. The molecule has 0 radical (unpaired) electrons. The largest absolute Gasteiger partial charge is 0.311 e. The second kappa shape index (κ2) is 10.4. The number of anilines is 3. The minimum absolute atomic E-state index is 0.653. The van der Waals surface area contributed by atoms with E-state index in [1.807, 2.05) is 84.9 Å². The minimum Gasteiger partial charge on any atom is -0.311 e. The van der Waals surface area contributed by atoms with E-state index in [1.165, 1.54) is 0 Å². The molecule has 0 aromatic heterocycles. The van der Waals surface area contributed by atoms with E-state index >= 15 is 0 Å². The molecule has 0 fully saturated rings. The van der Waals surface area contributed by atoms with Gasteiger partial charge in [0.25, 0.3) is 0 Å². The van der Waals surface area contributed by atoms with Crippen LogP contribution < -0.4 is 4.90 Å². The Hall–Kier alpha value is -4.87. The van der Waals surface area contributed by atoms with Crippen LogP contribution in [0.1, 0.15) is 16.7 Å². The Morgan fingerprint density at radius 2 is 0.800 bits per heavy atom. The molecule has 5 aromatic carbocycles. The van der Waals surface area contributed by atoms with Gasteiger partial charge in [-0.3, -0.25) is 0 Å². The smallest absolute Gasteiger partial charge is 0.100 e. The Labute approximate surface area is 206 Å². The van der Waals surface area contributed by atoms with Crippen LogP contribution in [-0.2, 0) is 0 Å². The average Bonchev–Trinajstić information content (AvgIpc) is 2.94. The number of allylic oxidation sites excluding steroid dienone is 1. The zero-order valence-corrected chi connectivity index (χ0v) is 19.3. The molecule has 0 N–H and O–H groups in total. The normalized spacial score (nSPS) is 10.3. The van der Waals surface area contributed by atoms with Gasteiger partial charge in [-0.2, -0.15) is 5.26 Å². The number of hydrogen-bond donors (Lipinski definition) is 0. The molecule has 0 heterocycles. The second-order valence-electron chi connectivity index (χ2n) is 8.15. The Kier molecular flexibility index (Phi) is 6.51. The van der Waals surface area contributed by atoms with Crippen LogP contribution in [0.4, 0.5) is 17.1 Å². The standard InChI is InChI=1S/C33H24N2/c34-25-32(33(27-13-5-1-6-14-27)28-15-7-2-8-16-28)26-21-23-31(24-22-26)35(29-17-9-3-10-18-29)30-19-11-4-12-20-30/h1-24H. The summed E-state index contributed by atoms with van der Waals surface area (Å²) in [5, 5.41) is 10.3. The molecule has 2 heteroatoms. The van der Waals surface area contributed by atoms with E-state index in [4.69, 9.17) is 0 Å². The number of nitrogens with zero attached hydrogens (tertiary/aromatic N) is 2. The summed E-state index contributed by atoms with van der Waals surface area (Å²) in [6, 6.07) is 51.6. The molecule has 0 aliphatic carbocycles. The van der Waals surface area contributed by atoms with E-state index in [0.717, 1.165) is 39.3 Å². The monoisotopic (exact) mass is 448 g/mol. The molecule has 0 spiro atoms. The van der Waals surface area contributed by atoms with Crippen molar-refractivity contribution in [3.63, 3.8) is 0 Å². The van der Waals surface area contributed by atoms with Gasteiger partial charge in [-0.1, -0.05) is 109 Å². The van der Waals surface area contributed by atoms with Gasteiger partial charge in [0.15, 0.2) is 0 Å². The lowest BCUT2D eigenvalue weighted by Crippen LogP contribution is -2.09. The van der Waals surface area contributed by atoms with Crippen molar-refractivity contribution >= 4 is 28.2 Å². The van der Waals surface area contributed by atoms with Crippen LogP contribution in [0.5, 0.6) is 0 Å². The molecule has 0 aliphatic rings. The number of rotatable bonds is 6. The summed E-state index contributed by atoms with van der Waals surface area (Å²) in [6.07, 6.45) is 0. The predicted molar refractivity (Wildman–Crippen MR) is 146 cm³/mol. The Bertz CT molecular complexity index is 1370. The van der Waals surface area contributed by atoms with Gasteiger partial charge >= 0.3 is 0 Å². The third-order valence-corrected chi connectivity index (χ3v) is 5.93. The molecule has 0 unspecified atom stereocenters. The number of para-hydroxylation sites is 2. The molecule has 0 saturated carbocycles. The van der Waals surface area contributed by atoms with Gasteiger partial charge in [-0.15, -0.1) is 0 Å². The third-order valence-electron chi connectivity index (χ3n) is 5.93. The summed E-state index contributed by atoms with van der Waals surface area (Å²) in [7, 11) is 0. The van der Waals surface area contributed by atoms with Gasteiger partial charge < -0.3 is 4.90 Å². The van der Waals surface area contributed by atoms with Crippen molar-refractivity contribution < 1.29 is 0 Å². The molecular weight excluding hydrogens is 424 g/mol. The molecule has 0 saturated heterocycles. The van der Waals surface area contributed by atoms with Crippen molar-refractivity contribution in [1.29, 1.82) is 5.26 Å². The van der Waals surface area contributed by atoms with Crippen LogP contribution in [0.15, 0.2) is 146 Å². The number of nitriles is 1. The highest BCUT2D eigenvalue weighted by Gasteiger charge is 2.16. The molecule has 0 aliphatic heterocycles. The van der Waals surface area contributed by atoms with Gasteiger partial charge in [0.1, 0.15) is 6.07 Å². The SMILES string of the molecule is N#CC(=C(c1ccccc1)c1ccccc1)c1ccc(N(c2ccccc2)c2ccccc2)cc1. The zero-order valence-electron chi connectivity index (χ0n) is 19.3. The van der Waals surface area contributed by atoms with Gasteiger partial charge in [-0.25, -0.2) is 0 Å². The summed E-state index contributed by atoms with van der Waals surface area (Å²) in [5.74, 6) is 0. The van der Waals surface area contributed by atoms with Crippen LogP contribution in [0.3, 0.4) is 0 Å². The van der Waals surface area contributed by atoms with Crippen molar-refractivity contribution in [3.05, 3.63) is 162 Å². The summed E-state index contributed by atoms with van der Waals surface area (Å²) < 4.78 is 0. The molecule has 35 heavy (non-hydrogen) atoms. The average molecular weight is 449 g/mol. The van der Waals surface area contributed by atoms with Crippen LogP contribution in [0.2, 0.25) is 0 Å². The molecule has 0 atom stereocenters. The first-order chi connectivity index (χ1) is 17.3. The van der Waals surface area contributed by atoms with E-state index in [9.17, 15) is 5.26 Å². The summed E-state index contributed by atoms with van der Waals surface area (Å²) >= 11 is 0. The molecule has 0 bridgehead atoms. The topological polar surface area (TPSA) is 27.0 Å². The highest BCUT2D eigenvalue weighted by Crippen LogP contribution is 2.36. The fourth-order valence-electron chi connectivity index (χ4n) is 4.31. The van der Waals surface area contributed by atoms with Crippen molar-refractivity contribution in [2.45, 2.75) is 0 Å². The first-order valence-corrected chi connectivity index (χ1v) is 11.6. The number of benzene rings is 5. The summed E-state index contributed by atoms with van der Waals surface area (Å²) in [6.45, 7) is 0. The lowest BCUT2D eigenvalue weighted by atomic mass is 9.90. The molecule has 0 amide bonds. The van der Waals surface area contributed by atoms with E-state index in [2.05, 4.69) is 71.6 Å². The van der Waals surface area contributed by atoms with Crippen LogP contribution in [-0.4, -0.2) is 0 Å². The fraction of sp³-hybridized carbons (Fsp3) is 0. The van der Waals surface area contributed by atoms with Gasteiger partial charge in [0.2, 0.25) is 0 Å². The first-order valence-electron chi connectivity index (χ1n) is 11.6. The molecular formula is C33H24N2. The maximum atomic E-state index is 10.3.